The van der Waals surface area contributed by atoms with Gasteiger partial charge in [0, 0.05) is 38.5 Å². The second-order valence-electron chi connectivity index (χ2n) is 9.21. The van der Waals surface area contributed by atoms with Gasteiger partial charge in [-0.1, -0.05) is 19.8 Å². The molecule has 2 heterocycles. The van der Waals surface area contributed by atoms with Crippen LogP contribution in [0.2, 0.25) is 0 Å². The Balaban J connectivity index is 1.76. The number of unbranched alkanes of at least 4 members (excludes halogenated alkanes) is 1. The lowest BCUT2D eigenvalue weighted by atomic mass is 9.88. The van der Waals surface area contributed by atoms with E-state index in [1.54, 1.807) is 4.90 Å². The van der Waals surface area contributed by atoms with E-state index in [2.05, 4.69) is 6.92 Å². The summed E-state index contributed by atoms with van der Waals surface area (Å²) in [7, 11) is 0. The molecule has 0 aromatic heterocycles. The fourth-order valence-electron chi connectivity index (χ4n) is 4.02. The maximum Gasteiger partial charge on any atom is 0.410 e. The molecule has 2 aliphatic heterocycles. The fourth-order valence-corrected chi connectivity index (χ4v) is 4.02. The zero-order valence-electron chi connectivity index (χ0n) is 17.6. The highest BCUT2D eigenvalue weighted by atomic mass is 16.6. The van der Waals surface area contributed by atoms with E-state index < -0.39 is 5.60 Å². The molecule has 2 unspecified atom stereocenters. The first-order valence-corrected chi connectivity index (χ1v) is 10.6. The first-order valence-electron chi connectivity index (χ1n) is 10.6. The second-order valence-corrected chi connectivity index (χ2v) is 9.21. The molecule has 156 valence electrons. The van der Waals surface area contributed by atoms with Gasteiger partial charge in [-0.05, 0) is 52.4 Å². The molecule has 2 rings (SSSR count). The molecule has 2 saturated heterocycles. The Morgan fingerprint density at radius 2 is 1.70 bits per heavy atom. The molecule has 27 heavy (non-hydrogen) atoms. The number of nitrogens with zero attached hydrogens (tertiary/aromatic N) is 2. The van der Waals surface area contributed by atoms with Crippen LogP contribution in [-0.2, 0) is 9.53 Å². The Labute approximate surface area is 164 Å². The molecule has 0 aliphatic carbocycles. The number of carbonyl (C=O) groups is 2. The van der Waals surface area contributed by atoms with Crippen LogP contribution >= 0.6 is 0 Å². The summed E-state index contributed by atoms with van der Waals surface area (Å²) in [5.41, 5.74) is -0.475. The van der Waals surface area contributed by atoms with Crippen molar-refractivity contribution >= 4 is 12.0 Å². The van der Waals surface area contributed by atoms with Gasteiger partial charge in [-0.15, -0.1) is 0 Å². The van der Waals surface area contributed by atoms with Gasteiger partial charge in [-0.2, -0.15) is 0 Å². The van der Waals surface area contributed by atoms with Crippen LogP contribution in [0, 0.1) is 11.8 Å². The molecular formula is C21H38N2O4. The quantitative estimate of drug-likeness (QED) is 0.791. The van der Waals surface area contributed by atoms with Crippen LogP contribution in [0.5, 0.6) is 0 Å². The Kier molecular flexibility index (Phi) is 7.95. The monoisotopic (exact) mass is 382 g/mol. The van der Waals surface area contributed by atoms with E-state index in [-0.39, 0.29) is 24.0 Å². The van der Waals surface area contributed by atoms with Crippen molar-refractivity contribution in [3.05, 3.63) is 0 Å². The summed E-state index contributed by atoms with van der Waals surface area (Å²) in [6.45, 7) is 10.5. The Bertz CT molecular complexity index is 495. The highest BCUT2D eigenvalue weighted by molar-refractivity contribution is 5.76. The minimum atomic E-state index is -0.475. The fraction of sp³-hybridized carbons (Fsp3) is 0.905. The first kappa shape index (κ1) is 22.0. The molecule has 0 spiro atoms. The lowest BCUT2D eigenvalue weighted by Crippen LogP contribution is -2.47. The van der Waals surface area contributed by atoms with Crippen LogP contribution in [0.3, 0.4) is 0 Å². The molecule has 0 aromatic carbocycles. The van der Waals surface area contributed by atoms with Gasteiger partial charge in [0.1, 0.15) is 5.60 Å². The lowest BCUT2D eigenvalue weighted by Gasteiger charge is -2.38. The first-order chi connectivity index (χ1) is 12.7. The van der Waals surface area contributed by atoms with Crippen molar-refractivity contribution in [2.45, 2.75) is 84.3 Å². The molecular weight excluding hydrogens is 344 g/mol. The van der Waals surface area contributed by atoms with Crippen molar-refractivity contribution in [1.29, 1.82) is 0 Å². The van der Waals surface area contributed by atoms with Gasteiger partial charge in [0.05, 0.1) is 6.10 Å². The normalized spacial score (nSPS) is 24.8. The maximum atomic E-state index is 12.7. The molecule has 2 amide bonds. The van der Waals surface area contributed by atoms with Crippen molar-refractivity contribution in [3.63, 3.8) is 0 Å². The summed E-state index contributed by atoms with van der Waals surface area (Å²) >= 11 is 0. The van der Waals surface area contributed by atoms with Gasteiger partial charge in [0.2, 0.25) is 5.91 Å². The van der Waals surface area contributed by atoms with E-state index in [9.17, 15) is 14.7 Å². The van der Waals surface area contributed by atoms with Crippen molar-refractivity contribution < 1.29 is 19.4 Å². The Morgan fingerprint density at radius 3 is 2.30 bits per heavy atom. The summed E-state index contributed by atoms with van der Waals surface area (Å²) in [6, 6.07) is 0. The van der Waals surface area contributed by atoms with E-state index in [0.29, 0.717) is 44.9 Å². The van der Waals surface area contributed by atoms with Crippen LogP contribution in [0.15, 0.2) is 0 Å². The van der Waals surface area contributed by atoms with Crippen LogP contribution in [0.25, 0.3) is 0 Å². The number of amides is 2. The van der Waals surface area contributed by atoms with Gasteiger partial charge in [0.25, 0.3) is 0 Å². The summed E-state index contributed by atoms with van der Waals surface area (Å²) in [4.78, 5) is 28.6. The Hall–Kier alpha value is -1.30. The molecule has 2 fully saturated rings. The minimum absolute atomic E-state index is 0.208. The number of aliphatic hydroxyl groups excluding tert-OH is 1. The van der Waals surface area contributed by atoms with E-state index in [1.807, 2.05) is 25.7 Å². The van der Waals surface area contributed by atoms with Gasteiger partial charge in [-0.25, -0.2) is 4.79 Å². The molecule has 6 heteroatoms. The maximum absolute atomic E-state index is 12.7. The van der Waals surface area contributed by atoms with Crippen molar-refractivity contribution in [2.75, 3.05) is 26.2 Å². The average molecular weight is 383 g/mol. The topological polar surface area (TPSA) is 70.1 Å². The number of ether oxygens (including phenoxy) is 1. The largest absolute Gasteiger partial charge is 0.444 e. The van der Waals surface area contributed by atoms with E-state index in [4.69, 9.17) is 4.74 Å². The predicted molar refractivity (Wildman–Crippen MR) is 105 cm³/mol. The highest BCUT2D eigenvalue weighted by Crippen LogP contribution is 2.26. The molecule has 2 aliphatic rings. The zero-order chi connectivity index (χ0) is 20.0. The third kappa shape index (κ3) is 6.98. The van der Waals surface area contributed by atoms with Crippen LogP contribution in [0.4, 0.5) is 4.79 Å². The number of aliphatic hydroxyl groups is 1. The van der Waals surface area contributed by atoms with E-state index in [1.165, 1.54) is 0 Å². The average Bonchev–Trinajstić information content (AvgIpc) is 2.60. The lowest BCUT2D eigenvalue weighted by molar-refractivity contribution is -0.136. The third-order valence-electron chi connectivity index (χ3n) is 5.70. The van der Waals surface area contributed by atoms with Crippen molar-refractivity contribution in [1.82, 2.24) is 9.80 Å². The van der Waals surface area contributed by atoms with Crippen molar-refractivity contribution in [3.8, 4) is 0 Å². The molecule has 6 nitrogen and oxygen atoms in total. The van der Waals surface area contributed by atoms with Crippen LogP contribution in [0.1, 0.15) is 72.6 Å². The standard InChI is InChI=1S/C21H38N2O4/c1-5-6-7-17-15-23(13-10-18(17)24)19(25)14-16-8-11-22(12-9-16)20(26)27-21(2,3)4/h16-18,24H,5-15H2,1-4H3. The molecule has 0 bridgehead atoms. The molecule has 0 radical (unpaired) electrons. The number of hydrogen-bond acceptors (Lipinski definition) is 4. The number of hydrogen-bond donors (Lipinski definition) is 1. The Morgan fingerprint density at radius 1 is 1.07 bits per heavy atom. The molecule has 1 N–H and O–H groups in total. The predicted octanol–water partition coefficient (Wildman–Crippen LogP) is 3.42. The number of piperidine rings is 2. The molecule has 0 saturated carbocycles. The van der Waals surface area contributed by atoms with E-state index in [0.717, 1.165) is 32.1 Å². The summed E-state index contributed by atoms with van der Waals surface area (Å²) in [5.74, 6) is 0.757. The summed E-state index contributed by atoms with van der Waals surface area (Å²) < 4.78 is 5.43. The van der Waals surface area contributed by atoms with Crippen LogP contribution < -0.4 is 0 Å². The second kappa shape index (κ2) is 9.76. The van der Waals surface area contributed by atoms with Gasteiger partial charge in [-0.3, -0.25) is 4.79 Å². The number of likely N-dealkylation sites (tertiary alicyclic amines) is 2. The molecule has 2 atom stereocenters. The van der Waals surface area contributed by atoms with Crippen LogP contribution in [-0.4, -0.2) is 64.8 Å². The number of carbonyl (C=O) groups excluding carboxylic acids is 2. The number of rotatable bonds is 5. The smallest absolute Gasteiger partial charge is 0.410 e. The van der Waals surface area contributed by atoms with E-state index >= 15 is 0 Å². The van der Waals surface area contributed by atoms with Gasteiger partial charge >= 0.3 is 6.09 Å². The zero-order valence-corrected chi connectivity index (χ0v) is 17.6. The SMILES string of the molecule is CCCCC1CN(C(=O)CC2CCN(C(=O)OC(C)(C)C)CC2)CCC1O. The van der Waals surface area contributed by atoms with Crippen molar-refractivity contribution in [2.24, 2.45) is 11.8 Å². The van der Waals surface area contributed by atoms with Gasteiger partial charge in [0.15, 0.2) is 0 Å². The third-order valence-corrected chi connectivity index (χ3v) is 5.70. The minimum Gasteiger partial charge on any atom is -0.444 e. The summed E-state index contributed by atoms with van der Waals surface area (Å²) in [6.07, 6.45) is 5.64. The van der Waals surface area contributed by atoms with Gasteiger partial charge < -0.3 is 19.6 Å². The highest BCUT2D eigenvalue weighted by Gasteiger charge is 2.32. The molecule has 0 aromatic rings. The summed E-state index contributed by atoms with van der Waals surface area (Å²) in [5, 5.41) is 10.2.